The number of aryl methyl sites for hydroxylation is 1. The number of nitrogens with zero attached hydrogens (tertiary/aromatic N) is 2. The monoisotopic (exact) mass is 367 g/mol. The third kappa shape index (κ3) is 4.89. The van der Waals surface area contributed by atoms with Crippen molar-refractivity contribution in [2.45, 2.75) is 18.6 Å². The van der Waals surface area contributed by atoms with Crippen LogP contribution in [0.3, 0.4) is 0 Å². The van der Waals surface area contributed by atoms with Gasteiger partial charge in [0.2, 0.25) is 5.91 Å². The molecule has 2 aromatic carbocycles. The molecule has 5 nitrogen and oxygen atoms in total. The van der Waals surface area contributed by atoms with Crippen molar-refractivity contribution in [3.05, 3.63) is 72.1 Å². The average molecular weight is 367 g/mol. The van der Waals surface area contributed by atoms with Crippen LogP contribution in [-0.2, 0) is 11.3 Å². The first kappa shape index (κ1) is 18.1. The van der Waals surface area contributed by atoms with Gasteiger partial charge in [0, 0.05) is 24.6 Å². The highest BCUT2D eigenvalue weighted by Gasteiger charge is 2.09. The first-order valence-electron chi connectivity index (χ1n) is 8.27. The van der Waals surface area contributed by atoms with Crippen LogP contribution in [-0.4, -0.2) is 28.3 Å². The molecule has 0 aliphatic heterocycles. The molecule has 0 fully saturated rings. The fraction of sp³-hybridized carbons (Fsp3) is 0.200. The SMILES string of the molecule is COc1ccc(NC(=O)CSc2nccn2Cc2ccc(C)cc2)cc1. The zero-order valence-corrected chi connectivity index (χ0v) is 15.6. The number of imidazole rings is 1. The number of carbonyl (C=O) groups is 1. The first-order valence-corrected chi connectivity index (χ1v) is 9.26. The second-order valence-electron chi connectivity index (χ2n) is 5.89. The Morgan fingerprint density at radius 2 is 1.88 bits per heavy atom. The van der Waals surface area contributed by atoms with Gasteiger partial charge in [-0.05, 0) is 36.8 Å². The van der Waals surface area contributed by atoms with Gasteiger partial charge in [-0.25, -0.2) is 4.98 Å². The highest BCUT2D eigenvalue weighted by Crippen LogP contribution is 2.19. The molecule has 0 saturated carbocycles. The average Bonchev–Trinajstić information content (AvgIpc) is 3.09. The Kier molecular flexibility index (Phi) is 5.96. The lowest BCUT2D eigenvalue weighted by atomic mass is 10.1. The molecule has 0 saturated heterocycles. The number of aromatic nitrogens is 2. The molecule has 3 rings (SSSR count). The largest absolute Gasteiger partial charge is 0.497 e. The zero-order valence-electron chi connectivity index (χ0n) is 14.8. The van der Waals surface area contributed by atoms with Gasteiger partial charge in [-0.2, -0.15) is 0 Å². The second kappa shape index (κ2) is 8.58. The van der Waals surface area contributed by atoms with Crippen LogP contribution in [0.4, 0.5) is 5.69 Å². The number of benzene rings is 2. The molecule has 134 valence electrons. The van der Waals surface area contributed by atoms with Crippen LogP contribution in [0.5, 0.6) is 5.75 Å². The Balaban J connectivity index is 1.55. The van der Waals surface area contributed by atoms with E-state index in [1.54, 1.807) is 13.3 Å². The normalized spacial score (nSPS) is 10.5. The molecule has 3 aromatic rings. The van der Waals surface area contributed by atoms with Crippen molar-refractivity contribution in [2.75, 3.05) is 18.2 Å². The fourth-order valence-electron chi connectivity index (χ4n) is 2.45. The number of hydrogen-bond donors (Lipinski definition) is 1. The van der Waals surface area contributed by atoms with Crippen molar-refractivity contribution in [1.29, 1.82) is 0 Å². The van der Waals surface area contributed by atoms with E-state index in [2.05, 4.69) is 46.1 Å². The van der Waals surface area contributed by atoms with Crippen molar-refractivity contribution in [3.63, 3.8) is 0 Å². The summed E-state index contributed by atoms with van der Waals surface area (Å²) in [6.45, 7) is 2.81. The van der Waals surface area contributed by atoms with Crippen LogP contribution in [0.15, 0.2) is 66.1 Å². The first-order chi connectivity index (χ1) is 12.6. The van der Waals surface area contributed by atoms with Crippen LogP contribution < -0.4 is 10.1 Å². The van der Waals surface area contributed by atoms with Gasteiger partial charge in [0.25, 0.3) is 0 Å². The minimum absolute atomic E-state index is 0.0648. The summed E-state index contributed by atoms with van der Waals surface area (Å²) >= 11 is 1.43. The minimum Gasteiger partial charge on any atom is -0.497 e. The van der Waals surface area contributed by atoms with Crippen LogP contribution >= 0.6 is 11.8 Å². The molecule has 1 heterocycles. The lowest BCUT2D eigenvalue weighted by Gasteiger charge is -2.09. The highest BCUT2D eigenvalue weighted by molar-refractivity contribution is 7.99. The number of ether oxygens (including phenoxy) is 1. The molecule has 0 spiro atoms. The summed E-state index contributed by atoms with van der Waals surface area (Å²) in [4.78, 5) is 16.5. The number of anilines is 1. The van der Waals surface area contributed by atoms with Crippen molar-refractivity contribution in [3.8, 4) is 5.75 Å². The van der Waals surface area contributed by atoms with Crippen molar-refractivity contribution in [2.24, 2.45) is 0 Å². The number of methoxy groups -OCH3 is 1. The maximum Gasteiger partial charge on any atom is 0.234 e. The summed E-state index contributed by atoms with van der Waals surface area (Å²) in [5.41, 5.74) is 3.20. The number of rotatable bonds is 7. The maximum atomic E-state index is 12.2. The van der Waals surface area contributed by atoms with E-state index in [0.717, 1.165) is 23.1 Å². The minimum atomic E-state index is -0.0648. The van der Waals surface area contributed by atoms with Gasteiger partial charge in [0.1, 0.15) is 5.75 Å². The van der Waals surface area contributed by atoms with Crippen molar-refractivity contribution >= 4 is 23.4 Å². The summed E-state index contributed by atoms with van der Waals surface area (Å²) < 4.78 is 7.16. The molecule has 0 aliphatic carbocycles. The van der Waals surface area contributed by atoms with E-state index < -0.39 is 0 Å². The van der Waals surface area contributed by atoms with Gasteiger partial charge < -0.3 is 14.6 Å². The number of carbonyl (C=O) groups excluding carboxylic acids is 1. The molecule has 6 heteroatoms. The molecule has 26 heavy (non-hydrogen) atoms. The van der Waals surface area contributed by atoms with Gasteiger partial charge in [-0.15, -0.1) is 0 Å². The Bertz CT molecular complexity index is 858. The molecular formula is C20H21N3O2S. The quantitative estimate of drug-likeness (QED) is 0.642. The Morgan fingerprint density at radius 1 is 1.15 bits per heavy atom. The van der Waals surface area contributed by atoms with E-state index in [1.807, 2.05) is 30.5 Å². The van der Waals surface area contributed by atoms with E-state index in [4.69, 9.17) is 4.74 Å². The predicted octanol–water partition coefficient (Wildman–Crippen LogP) is 3.98. The fourth-order valence-corrected chi connectivity index (χ4v) is 3.21. The van der Waals surface area contributed by atoms with E-state index in [9.17, 15) is 4.79 Å². The molecule has 0 unspecified atom stereocenters. The summed E-state index contributed by atoms with van der Waals surface area (Å²) in [5.74, 6) is 0.997. The molecule has 0 radical (unpaired) electrons. The number of amides is 1. The van der Waals surface area contributed by atoms with Crippen LogP contribution in [0, 0.1) is 6.92 Å². The molecular weight excluding hydrogens is 346 g/mol. The van der Waals surface area contributed by atoms with Gasteiger partial charge >= 0.3 is 0 Å². The highest BCUT2D eigenvalue weighted by atomic mass is 32.2. The molecule has 0 atom stereocenters. The lowest BCUT2D eigenvalue weighted by molar-refractivity contribution is -0.113. The smallest absolute Gasteiger partial charge is 0.234 e. The van der Waals surface area contributed by atoms with E-state index >= 15 is 0 Å². The third-order valence-electron chi connectivity index (χ3n) is 3.86. The lowest BCUT2D eigenvalue weighted by Crippen LogP contribution is -2.14. The Labute approximate surface area is 157 Å². The van der Waals surface area contributed by atoms with Crippen molar-refractivity contribution in [1.82, 2.24) is 9.55 Å². The van der Waals surface area contributed by atoms with Gasteiger partial charge in [0.15, 0.2) is 5.16 Å². The van der Waals surface area contributed by atoms with Crippen LogP contribution in [0.25, 0.3) is 0 Å². The number of nitrogens with one attached hydrogen (secondary N) is 1. The molecule has 1 N–H and O–H groups in total. The third-order valence-corrected chi connectivity index (χ3v) is 4.86. The topological polar surface area (TPSA) is 56.1 Å². The predicted molar refractivity (Wildman–Crippen MR) is 105 cm³/mol. The molecule has 1 aromatic heterocycles. The van der Waals surface area contributed by atoms with E-state index in [-0.39, 0.29) is 5.91 Å². The number of thioether (sulfide) groups is 1. The van der Waals surface area contributed by atoms with Crippen LogP contribution in [0.1, 0.15) is 11.1 Å². The van der Waals surface area contributed by atoms with E-state index in [0.29, 0.717) is 5.75 Å². The van der Waals surface area contributed by atoms with Crippen molar-refractivity contribution < 1.29 is 9.53 Å². The molecule has 0 aliphatic rings. The van der Waals surface area contributed by atoms with Crippen LogP contribution in [0.2, 0.25) is 0 Å². The number of hydrogen-bond acceptors (Lipinski definition) is 4. The van der Waals surface area contributed by atoms with Gasteiger partial charge in [-0.3, -0.25) is 4.79 Å². The zero-order chi connectivity index (χ0) is 18.4. The maximum absolute atomic E-state index is 12.2. The summed E-state index contributed by atoms with van der Waals surface area (Å²) in [6, 6.07) is 15.7. The summed E-state index contributed by atoms with van der Waals surface area (Å²) in [6.07, 6.45) is 3.70. The Hall–Kier alpha value is -2.73. The molecule has 0 bridgehead atoms. The summed E-state index contributed by atoms with van der Waals surface area (Å²) in [5, 5.41) is 3.71. The van der Waals surface area contributed by atoms with Gasteiger partial charge in [0.05, 0.1) is 12.9 Å². The molecule has 1 amide bonds. The standard InChI is InChI=1S/C20H21N3O2S/c1-15-3-5-16(6-4-15)13-23-12-11-21-20(23)26-14-19(24)22-17-7-9-18(25-2)10-8-17/h3-12H,13-14H2,1-2H3,(H,22,24). The Morgan fingerprint density at radius 3 is 2.58 bits per heavy atom. The second-order valence-corrected chi connectivity index (χ2v) is 6.83. The van der Waals surface area contributed by atoms with E-state index in [1.165, 1.54) is 22.9 Å². The summed E-state index contributed by atoms with van der Waals surface area (Å²) in [7, 11) is 1.61. The van der Waals surface area contributed by atoms with Gasteiger partial charge in [-0.1, -0.05) is 41.6 Å².